The Morgan fingerprint density at radius 1 is 1.26 bits per heavy atom. The molecular formula is C16H24N2O. The van der Waals surface area contributed by atoms with E-state index < -0.39 is 0 Å². The van der Waals surface area contributed by atoms with Gasteiger partial charge >= 0.3 is 0 Å². The third-order valence-electron chi connectivity index (χ3n) is 4.44. The summed E-state index contributed by atoms with van der Waals surface area (Å²) in [5.74, 6) is 0.178. The third-order valence-corrected chi connectivity index (χ3v) is 4.44. The zero-order chi connectivity index (χ0) is 13.9. The van der Waals surface area contributed by atoms with Crippen molar-refractivity contribution < 1.29 is 4.79 Å². The predicted molar refractivity (Wildman–Crippen MR) is 79.2 cm³/mol. The first-order valence-electron chi connectivity index (χ1n) is 7.20. The molecule has 0 heterocycles. The number of aryl methyl sites for hydroxylation is 1. The van der Waals surface area contributed by atoms with Gasteiger partial charge in [-0.25, -0.2) is 0 Å². The molecule has 1 aliphatic rings. The second kappa shape index (κ2) is 5.74. The first-order valence-corrected chi connectivity index (χ1v) is 7.20. The minimum atomic E-state index is -0.321. The molecule has 2 N–H and O–H groups in total. The molecule has 1 amide bonds. The highest BCUT2D eigenvalue weighted by Gasteiger charge is 2.41. The van der Waals surface area contributed by atoms with E-state index in [4.69, 9.17) is 5.73 Å². The lowest BCUT2D eigenvalue weighted by atomic mass is 9.84. The number of benzene rings is 1. The molecule has 1 aromatic carbocycles. The van der Waals surface area contributed by atoms with Crippen LogP contribution in [0.4, 0.5) is 5.69 Å². The van der Waals surface area contributed by atoms with Gasteiger partial charge in [0.1, 0.15) is 0 Å². The maximum absolute atomic E-state index is 12.7. The molecule has 0 radical (unpaired) electrons. The van der Waals surface area contributed by atoms with Gasteiger partial charge in [-0.15, -0.1) is 0 Å². The Hall–Kier alpha value is -1.35. The molecule has 19 heavy (non-hydrogen) atoms. The summed E-state index contributed by atoms with van der Waals surface area (Å²) in [5.41, 5.74) is 7.81. The van der Waals surface area contributed by atoms with Crippen LogP contribution in [0, 0.1) is 5.41 Å². The summed E-state index contributed by atoms with van der Waals surface area (Å²) in [5, 5.41) is 0. The molecule has 1 aliphatic carbocycles. The number of nitrogens with two attached hydrogens (primary N) is 1. The van der Waals surface area contributed by atoms with Crippen LogP contribution in [-0.4, -0.2) is 19.5 Å². The summed E-state index contributed by atoms with van der Waals surface area (Å²) in [6.07, 6.45) is 5.11. The third kappa shape index (κ3) is 2.66. The SMILES string of the molecule is CCc1ccc(N(C)C(=O)C2(CN)CCCC2)cc1. The van der Waals surface area contributed by atoms with Gasteiger partial charge in [-0.2, -0.15) is 0 Å². The van der Waals surface area contributed by atoms with Gasteiger partial charge in [-0.05, 0) is 37.0 Å². The number of hydrogen-bond donors (Lipinski definition) is 1. The van der Waals surface area contributed by atoms with Gasteiger partial charge in [-0.1, -0.05) is 31.9 Å². The lowest BCUT2D eigenvalue weighted by molar-refractivity contribution is -0.127. The molecule has 0 unspecified atom stereocenters. The highest BCUT2D eigenvalue weighted by atomic mass is 16.2. The normalized spacial score (nSPS) is 17.4. The van der Waals surface area contributed by atoms with Crippen molar-refractivity contribution in [2.45, 2.75) is 39.0 Å². The second-order valence-corrected chi connectivity index (χ2v) is 5.58. The molecule has 3 heteroatoms. The smallest absolute Gasteiger partial charge is 0.234 e. The largest absolute Gasteiger partial charge is 0.329 e. The molecule has 0 atom stereocenters. The monoisotopic (exact) mass is 260 g/mol. The molecule has 104 valence electrons. The van der Waals surface area contributed by atoms with Gasteiger partial charge in [0.15, 0.2) is 0 Å². The number of nitrogens with zero attached hydrogens (tertiary/aromatic N) is 1. The minimum absolute atomic E-state index is 0.178. The number of hydrogen-bond acceptors (Lipinski definition) is 2. The lowest BCUT2D eigenvalue weighted by Crippen LogP contribution is -2.45. The lowest BCUT2D eigenvalue weighted by Gasteiger charge is -2.31. The molecule has 1 fully saturated rings. The molecule has 1 aromatic rings. The van der Waals surface area contributed by atoms with E-state index in [1.54, 1.807) is 4.90 Å². The summed E-state index contributed by atoms with van der Waals surface area (Å²) < 4.78 is 0. The number of rotatable bonds is 4. The van der Waals surface area contributed by atoms with Crippen LogP contribution in [0.25, 0.3) is 0 Å². The van der Waals surface area contributed by atoms with E-state index in [2.05, 4.69) is 19.1 Å². The maximum atomic E-state index is 12.7. The van der Waals surface area contributed by atoms with Crippen LogP contribution in [-0.2, 0) is 11.2 Å². The van der Waals surface area contributed by atoms with Crippen LogP contribution in [0.2, 0.25) is 0 Å². The number of anilines is 1. The highest BCUT2D eigenvalue weighted by molar-refractivity contribution is 5.97. The van der Waals surface area contributed by atoms with E-state index in [1.165, 1.54) is 5.56 Å². The summed E-state index contributed by atoms with van der Waals surface area (Å²) in [4.78, 5) is 14.5. The Morgan fingerprint density at radius 3 is 2.32 bits per heavy atom. The fraction of sp³-hybridized carbons (Fsp3) is 0.562. The highest BCUT2D eigenvalue weighted by Crippen LogP contribution is 2.39. The first-order chi connectivity index (χ1) is 9.13. The van der Waals surface area contributed by atoms with Crippen molar-refractivity contribution in [2.75, 3.05) is 18.5 Å². The number of carbonyl (C=O) groups is 1. The number of amides is 1. The van der Waals surface area contributed by atoms with Crippen molar-refractivity contribution >= 4 is 11.6 Å². The second-order valence-electron chi connectivity index (χ2n) is 5.58. The average Bonchev–Trinajstić information content (AvgIpc) is 2.96. The molecule has 0 aliphatic heterocycles. The van der Waals surface area contributed by atoms with E-state index in [9.17, 15) is 4.79 Å². The van der Waals surface area contributed by atoms with Crippen molar-refractivity contribution in [2.24, 2.45) is 11.1 Å². The van der Waals surface area contributed by atoms with Gasteiger partial charge < -0.3 is 10.6 Å². The van der Waals surface area contributed by atoms with Gasteiger partial charge in [0.2, 0.25) is 5.91 Å². The van der Waals surface area contributed by atoms with Crippen LogP contribution in [0.3, 0.4) is 0 Å². The van der Waals surface area contributed by atoms with E-state index >= 15 is 0 Å². The molecule has 1 saturated carbocycles. The summed E-state index contributed by atoms with van der Waals surface area (Å²) in [6.45, 7) is 2.59. The van der Waals surface area contributed by atoms with Crippen LogP contribution < -0.4 is 10.6 Å². The molecule has 3 nitrogen and oxygen atoms in total. The fourth-order valence-corrected chi connectivity index (χ4v) is 2.99. The summed E-state index contributed by atoms with van der Waals surface area (Å²) in [6, 6.07) is 8.22. The fourth-order valence-electron chi connectivity index (χ4n) is 2.99. The Labute approximate surface area is 115 Å². The Bertz CT molecular complexity index is 433. The van der Waals surface area contributed by atoms with Gasteiger partial charge in [0.25, 0.3) is 0 Å². The van der Waals surface area contributed by atoms with Crippen molar-refractivity contribution in [3.05, 3.63) is 29.8 Å². The molecule has 0 bridgehead atoms. The number of carbonyl (C=O) groups excluding carboxylic acids is 1. The van der Waals surface area contributed by atoms with E-state index in [0.717, 1.165) is 37.8 Å². The van der Waals surface area contributed by atoms with Crippen LogP contribution in [0.15, 0.2) is 24.3 Å². The molecule has 0 aromatic heterocycles. The van der Waals surface area contributed by atoms with Gasteiger partial charge in [-0.3, -0.25) is 4.79 Å². The van der Waals surface area contributed by atoms with Crippen molar-refractivity contribution in [3.63, 3.8) is 0 Å². The zero-order valence-corrected chi connectivity index (χ0v) is 12.0. The van der Waals surface area contributed by atoms with Crippen LogP contribution >= 0.6 is 0 Å². The standard InChI is InChI=1S/C16H24N2O/c1-3-13-6-8-14(9-7-13)18(2)15(19)16(12-17)10-4-5-11-16/h6-9H,3-5,10-12,17H2,1-2H3. The van der Waals surface area contributed by atoms with Gasteiger partial charge in [0.05, 0.1) is 5.41 Å². The topological polar surface area (TPSA) is 46.3 Å². The predicted octanol–water partition coefficient (Wildman–Crippen LogP) is 2.73. The molecule has 0 spiro atoms. The first kappa shape index (κ1) is 14.1. The van der Waals surface area contributed by atoms with E-state index in [0.29, 0.717) is 6.54 Å². The molecular weight excluding hydrogens is 236 g/mol. The van der Waals surface area contributed by atoms with Crippen LogP contribution in [0.1, 0.15) is 38.2 Å². The van der Waals surface area contributed by atoms with Crippen molar-refractivity contribution in [1.29, 1.82) is 0 Å². The minimum Gasteiger partial charge on any atom is -0.329 e. The summed E-state index contributed by atoms with van der Waals surface area (Å²) >= 11 is 0. The zero-order valence-electron chi connectivity index (χ0n) is 12.0. The Morgan fingerprint density at radius 2 is 1.84 bits per heavy atom. The maximum Gasteiger partial charge on any atom is 0.234 e. The Balaban J connectivity index is 2.17. The van der Waals surface area contributed by atoms with E-state index in [-0.39, 0.29) is 11.3 Å². The summed E-state index contributed by atoms with van der Waals surface area (Å²) in [7, 11) is 1.86. The van der Waals surface area contributed by atoms with E-state index in [1.807, 2.05) is 19.2 Å². The van der Waals surface area contributed by atoms with Crippen molar-refractivity contribution in [3.8, 4) is 0 Å². The Kier molecular flexibility index (Phi) is 4.25. The quantitative estimate of drug-likeness (QED) is 0.904. The molecule has 0 saturated heterocycles. The van der Waals surface area contributed by atoms with Gasteiger partial charge in [0, 0.05) is 19.3 Å². The average molecular weight is 260 g/mol. The molecule has 2 rings (SSSR count). The van der Waals surface area contributed by atoms with Crippen LogP contribution in [0.5, 0.6) is 0 Å². The van der Waals surface area contributed by atoms with Crippen molar-refractivity contribution in [1.82, 2.24) is 0 Å².